The molecule has 0 spiro atoms. The molecule has 18 heavy (non-hydrogen) atoms. The Balaban J connectivity index is 2.99. The van der Waals surface area contributed by atoms with Gasteiger partial charge in [0.05, 0.1) is 6.61 Å². The van der Waals surface area contributed by atoms with Gasteiger partial charge < -0.3 is 10.5 Å². The van der Waals surface area contributed by atoms with Gasteiger partial charge in [0.2, 0.25) is 10.0 Å². The van der Waals surface area contributed by atoms with E-state index in [1.54, 1.807) is 0 Å². The van der Waals surface area contributed by atoms with Crippen LogP contribution in [-0.2, 0) is 14.8 Å². The van der Waals surface area contributed by atoms with Crippen molar-refractivity contribution in [3.8, 4) is 0 Å². The van der Waals surface area contributed by atoms with E-state index in [2.05, 4.69) is 4.72 Å². The van der Waals surface area contributed by atoms with E-state index in [1.165, 1.54) is 13.2 Å². The number of anilines is 1. The summed E-state index contributed by atoms with van der Waals surface area (Å²) in [6.45, 7) is 2.04. The second-order valence-corrected chi connectivity index (χ2v) is 5.55. The molecule has 7 heteroatoms. The third-order valence-corrected chi connectivity index (χ3v) is 3.98. The third kappa shape index (κ3) is 3.66. The zero-order chi connectivity index (χ0) is 13.8. The molecule has 0 heterocycles. The van der Waals surface area contributed by atoms with Gasteiger partial charge in [-0.15, -0.1) is 0 Å². The molecule has 102 valence electrons. The Morgan fingerprint density at radius 1 is 1.50 bits per heavy atom. The number of ether oxygens (including phenoxy) is 1. The molecule has 1 rings (SSSR count). The number of benzene rings is 1. The minimum atomic E-state index is -3.90. The van der Waals surface area contributed by atoms with Crippen LogP contribution in [0.1, 0.15) is 13.3 Å². The van der Waals surface area contributed by atoms with Crippen molar-refractivity contribution in [2.75, 3.05) is 19.5 Å². The van der Waals surface area contributed by atoms with Crippen LogP contribution in [0.3, 0.4) is 0 Å². The quantitative estimate of drug-likeness (QED) is 0.763. The lowest BCUT2D eigenvalue weighted by atomic mass is 10.3. The highest BCUT2D eigenvalue weighted by Crippen LogP contribution is 2.17. The SMILES string of the molecule is CCC(COC)NS(=O)(=O)c1ccc(N)cc1F. The Morgan fingerprint density at radius 3 is 2.67 bits per heavy atom. The molecule has 0 aliphatic carbocycles. The smallest absolute Gasteiger partial charge is 0.243 e. The first kappa shape index (κ1) is 14.9. The standard InChI is InChI=1S/C11H17FN2O3S/c1-3-9(7-17-2)14-18(15,16)11-5-4-8(13)6-10(11)12/h4-6,9,14H,3,7,13H2,1-2H3. The normalized spacial score (nSPS) is 13.5. The van der Waals surface area contributed by atoms with E-state index in [-0.39, 0.29) is 12.3 Å². The number of nitrogens with one attached hydrogen (secondary N) is 1. The summed E-state index contributed by atoms with van der Waals surface area (Å²) < 4.78 is 44.7. The maximum atomic E-state index is 13.6. The number of rotatable bonds is 6. The molecule has 0 saturated heterocycles. The molecule has 1 unspecified atom stereocenters. The van der Waals surface area contributed by atoms with Gasteiger partial charge in [0.1, 0.15) is 10.7 Å². The average Bonchev–Trinajstić information content (AvgIpc) is 2.27. The first-order valence-electron chi connectivity index (χ1n) is 5.47. The van der Waals surface area contributed by atoms with Crippen LogP contribution in [0.5, 0.6) is 0 Å². The number of hydrogen-bond acceptors (Lipinski definition) is 4. The first-order chi connectivity index (χ1) is 8.40. The number of methoxy groups -OCH3 is 1. The van der Waals surface area contributed by atoms with Gasteiger partial charge in [0, 0.05) is 18.8 Å². The molecule has 0 aliphatic rings. The predicted octanol–water partition coefficient (Wildman–Crippen LogP) is 1.11. The fraction of sp³-hybridized carbons (Fsp3) is 0.455. The van der Waals surface area contributed by atoms with E-state index in [9.17, 15) is 12.8 Å². The Morgan fingerprint density at radius 2 is 2.17 bits per heavy atom. The first-order valence-corrected chi connectivity index (χ1v) is 6.95. The third-order valence-electron chi connectivity index (χ3n) is 2.43. The van der Waals surface area contributed by atoms with Crippen LogP contribution in [0.25, 0.3) is 0 Å². The highest BCUT2D eigenvalue weighted by molar-refractivity contribution is 7.89. The minimum absolute atomic E-state index is 0.176. The molecule has 0 bridgehead atoms. The van der Waals surface area contributed by atoms with Crippen molar-refractivity contribution in [3.05, 3.63) is 24.0 Å². The van der Waals surface area contributed by atoms with Crippen LogP contribution in [-0.4, -0.2) is 28.2 Å². The number of nitrogen functional groups attached to an aromatic ring is 1. The fourth-order valence-corrected chi connectivity index (χ4v) is 2.82. The summed E-state index contributed by atoms with van der Waals surface area (Å²) >= 11 is 0. The van der Waals surface area contributed by atoms with Crippen LogP contribution in [0.4, 0.5) is 10.1 Å². The van der Waals surface area contributed by atoms with E-state index >= 15 is 0 Å². The second-order valence-electron chi connectivity index (χ2n) is 3.87. The molecule has 0 saturated carbocycles. The summed E-state index contributed by atoms with van der Waals surface area (Å²) in [6, 6.07) is 3.07. The highest BCUT2D eigenvalue weighted by atomic mass is 32.2. The second kappa shape index (κ2) is 6.12. The average molecular weight is 276 g/mol. The van der Waals surface area contributed by atoms with Gasteiger partial charge in [0.25, 0.3) is 0 Å². The maximum absolute atomic E-state index is 13.6. The summed E-state index contributed by atoms with van der Waals surface area (Å²) in [5.74, 6) is -0.866. The molecule has 0 aromatic heterocycles. The van der Waals surface area contributed by atoms with E-state index in [0.29, 0.717) is 6.42 Å². The topological polar surface area (TPSA) is 81.4 Å². The Hall–Kier alpha value is -1.18. The number of halogens is 1. The Kier molecular flexibility index (Phi) is 5.06. The molecule has 1 aromatic carbocycles. The van der Waals surface area contributed by atoms with Crippen LogP contribution in [0.2, 0.25) is 0 Å². The zero-order valence-electron chi connectivity index (χ0n) is 10.3. The van der Waals surface area contributed by atoms with Gasteiger partial charge in [-0.3, -0.25) is 0 Å². The molecule has 0 radical (unpaired) electrons. The molecular weight excluding hydrogens is 259 g/mol. The van der Waals surface area contributed by atoms with Gasteiger partial charge in [-0.1, -0.05) is 6.92 Å². The van der Waals surface area contributed by atoms with Crippen LogP contribution < -0.4 is 10.5 Å². The number of sulfonamides is 1. The van der Waals surface area contributed by atoms with E-state index in [4.69, 9.17) is 10.5 Å². The van der Waals surface area contributed by atoms with Crippen LogP contribution in [0.15, 0.2) is 23.1 Å². The number of nitrogens with two attached hydrogens (primary N) is 1. The molecule has 1 atom stereocenters. The molecule has 3 N–H and O–H groups in total. The van der Waals surface area contributed by atoms with Crippen molar-refractivity contribution >= 4 is 15.7 Å². The summed E-state index contributed by atoms with van der Waals surface area (Å²) in [6.07, 6.45) is 0.545. The van der Waals surface area contributed by atoms with Gasteiger partial charge in [-0.2, -0.15) is 0 Å². The van der Waals surface area contributed by atoms with Gasteiger partial charge in [-0.25, -0.2) is 17.5 Å². The summed E-state index contributed by atoms with van der Waals surface area (Å²) in [4.78, 5) is -0.411. The number of hydrogen-bond donors (Lipinski definition) is 2. The van der Waals surface area contributed by atoms with E-state index < -0.39 is 26.8 Å². The molecule has 5 nitrogen and oxygen atoms in total. The van der Waals surface area contributed by atoms with Gasteiger partial charge in [0.15, 0.2) is 0 Å². The van der Waals surface area contributed by atoms with Crippen molar-refractivity contribution < 1.29 is 17.5 Å². The molecule has 0 aliphatic heterocycles. The summed E-state index contributed by atoms with van der Waals surface area (Å²) in [5, 5.41) is 0. The van der Waals surface area contributed by atoms with Crippen molar-refractivity contribution in [3.63, 3.8) is 0 Å². The maximum Gasteiger partial charge on any atom is 0.243 e. The molecule has 0 fully saturated rings. The van der Waals surface area contributed by atoms with Gasteiger partial charge >= 0.3 is 0 Å². The van der Waals surface area contributed by atoms with Gasteiger partial charge in [-0.05, 0) is 24.6 Å². The molecule has 1 aromatic rings. The van der Waals surface area contributed by atoms with Crippen molar-refractivity contribution in [2.24, 2.45) is 0 Å². The summed E-state index contributed by atoms with van der Waals surface area (Å²) in [7, 11) is -2.43. The van der Waals surface area contributed by atoms with Crippen molar-refractivity contribution in [1.29, 1.82) is 0 Å². The lowest BCUT2D eigenvalue weighted by Gasteiger charge is -2.16. The molecule has 0 amide bonds. The minimum Gasteiger partial charge on any atom is -0.399 e. The Bertz CT molecular complexity index is 505. The summed E-state index contributed by atoms with van der Waals surface area (Å²) in [5.41, 5.74) is 5.55. The Labute approximate surface area is 106 Å². The largest absolute Gasteiger partial charge is 0.399 e. The van der Waals surface area contributed by atoms with Crippen molar-refractivity contribution in [1.82, 2.24) is 4.72 Å². The van der Waals surface area contributed by atoms with Crippen LogP contribution >= 0.6 is 0 Å². The van der Waals surface area contributed by atoms with E-state index in [1.807, 2.05) is 6.92 Å². The lowest BCUT2D eigenvalue weighted by molar-refractivity contribution is 0.173. The fourth-order valence-electron chi connectivity index (χ4n) is 1.45. The monoisotopic (exact) mass is 276 g/mol. The lowest BCUT2D eigenvalue weighted by Crippen LogP contribution is -2.37. The van der Waals surface area contributed by atoms with E-state index in [0.717, 1.165) is 12.1 Å². The van der Waals surface area contributed by atoms with Crippen LogP contribution in [0, 0.1) is 5.82 Å². The zero-order valence-corrected chi connectivity index (χ0v) is 11.1. The van der Waals surface area contributed by atoms with Crippen molar-refractivity contribution in [2.45, 2.75) is 24.3 Å². The molecular formula is C11H17FN2O3S. The highest BCUT2D eigenvalue weighted by Gasteiger charge is 2.22. The predicted molar refractivity (Wildman–Crippen MR) is 67.1 cm³/mol.